The minimum absolute atomic E-state index is 0.106. The molecule has 0 bridgehead atoms. The van der Waals surface area contributed by atoms with E-state index in [1.807, 2.05) is 24.3 Å². The van der Waals surface area contributed by atoms with Gasteiger partial charge in [-0.05, 0) is 55.0 Å². The lowest BCUT2D eigenvalue weighted by Gasteiger charge is -2.18. The van der Waals surface area contributed by atoms with Gasteiger partial charge in [-0.15, -0.1) is 0 Å². The second-order valence-corrected chi connectivity index (χ2v) is 6.36. The molecule has 1 fully saturated rings. The number of amides is 2. The third kappa shape index (κ3) is 3.07. The van der Waals surface area contributed by atoms with Gasteiger partial charge in [-0.2, -0.15) is 0 Å². The number of nitrogens with one attached hydrogen (secondary N) is 1. The van der Waals surface area contributed by atoms with Crippen molar-refractivity contribution >= 4 is 39.1 Å². The van der Waals surface area contributed by atoms with E-state index in [2.05, 4.69) is 21.2 Å². The van der Waals surface area contributed by atoms with E-state index in [-0.39, 0.29) is 24.0 Å². The number of rotatable bonds is 3. The summed E-state index contributed by atoms with van der Waals surface area (Å²) < 4.78 is 0.943. The van der Waals surface area contributed by atoms with Gasteiger partial charge >= 0.3 is 0 Å². The Kier molecular flexibility index (Phi) is 4.09. The molecule has 0 radical (unpaired) electrons. The van der Waals surface area contributed by atoms with Crippen LogP contribution in [0.5, 0.6) is 5.75 Å². The van der Waals surface area contributed by atoms with Crippen molar-refractivity contribution in [2.75, 3.05) is 10.2 Å². The van der Waals surface area contributed by atoms with Crippen LogP contribution in [0.4, 0.5) is 11.4 Å². The zero-order valence-corrected chi connectivity index (χ0v) is 14.0. The zero-order chi connectivity index (χ0) is 16.6. The summed E-state index contributed by atoms with van der Waals surface area (Å²) in [6.07, 6.45) is 0.106. The number of hydrogen-bond acceptors (Lipinski definition) is 4. The molecule has 118 valence electrons. The predicted molar refractivity (Wildman–Crippen MR) is 91.5 cm³/mol. The number of aryl methyl sites for hydroxylation is 1. The molecular formula is C17H15BrN2O3. The lowest BCUT2D eigenvalue weighted by Crippen LogP contribution is -2.35. The highest BCUT2D eigenvalue weighted by Crippen LogP contribution is 2.30. The standard InChI is InChI=1S/C17H15BrN2O3/c1-10-8-13(21)6-7-15(10)20-16(22)9-14(17(20)23)19-12-4-2-11(18)3-5-12/h2-8,14,19,21H,9H2,1H3. The summed E-state index contributed by atoms with van der Waals surface area (Å²) in [7, 11) is 0. The number of phenolic OH excluding ortho intramolecular Hbond substituents is 1. The highest BCUT2D eigenvalue weighted by Gasteiger charge is 2.40. The fraction of sp³-hybridized carbons (Fsp3) is 0.176. The smallest absolute Gasteiger partial charge is 0.256 e. The van der Waals surface area contributed by atoms with E-state index in [9.17, 15) is 14.7 Å². The largest absolute Gasteiger partial charge is 0.508 e. The van der Waals surface area contributed by atoms with Crippen LogP contribution in [0.3, 0.4) is 0 Å². The van der Waals surface area contributed by atoms with Crippen molar-refractivity contribution in [1.82, 2.24) is 0 Å². The number of aromatic hydroxyl groups is 1. The maximum atomic E-state index is 12.6. The second kappa shape index (κ2) is 6.04. The summed E-state index contributed by atoms with van der Waals surface area (Å²) in [6.45, 7) is 1.76. The topological polar surface area (TPSA) is 69.6 Å². The number of anilines is 2. The molecule has 6 heteroatoms. The zero-order valence-electron chi connectivity index (χ0n) is 12.4. The number of phenols is 1. The van der Waals surface area contributed by atoms with Gasteiger partial charge in [0.15, 0.2) is 0 Å². The van der Waals surface area contributed by atoms with Gasteiger partial charge in [-0.1, -0.05) is 15.9 Å². The molecule has 3 rings (SSSR count). The average molecular weight is 375 g/mol. The molecule has 1 unspecified atom stereocenters. The predicted octanol–water partition coefficient (Wildman–Crippen LogP) is 3.21. The van der Waals surface area contributed by atoms with Gasteiger partial charge in [0, 0.05) is 10.2 Å². The van der Waals surface area contributed by atoms with Gasteiger partial charge in [0.05, 0.1) is 12.1 Å². The summed E-state index contributed by atoms with van der Waals surface area (Å²) in [5.74, 6) is -0.431. The molecule has 2 aromatic carbocycles. The fourth-order valence-corrected chi connectivity index (χ4v) is 2.90. The molecule has 1 atom stereocenters. The first kappa shape index (κ1) is 15.6. The third-order valence-corrected chi connectivity index (χ3v) is 4.28. The monoisotopic (exact) mass is 374 g/mol. The molecule has 2 amide bonds. The van der Waals surface area contributed by atoms with Crippen LogP contribution in [0.15, 0.2) is 46.9 Å². The number of halogens is 1. The summed E-state index contributed by atoms with van der Waals surface area (Å²) in [5, 5.41) is 12.6. The molecule has 0 spiro atoms. The number of carbonyl (C=O) groups is 2. The van der Waals surface area contributed by atoms with Gasteiger partial charge in [-0.25, -0.2) is 4.90 Å². The number of hydrogen-bond donors (Lipinski definition) is 2. The van der Waals surface area contributed by atoms with Crippen molar-refractivity contribution in [1.29, 1.82) is 0 Å². The van der Waals surface area contributed by atoms with Crippen LogP contribution in [-0.2, 0) is 9.59 Å². The van der Waals surface area contributed by atoms with Crippen LogP contribution < -0.4 is 10.2 Å². The number of nitrogens with zero attached hydrogens (tertiary/aromatic N) is 1. The third-order valence-electron chi connectivity index (χ3n) is 3.75. The normalized spacial score (nSPS) is 17.7. The van der Waals surface area contributed by atoms with E-state index >= 15 is 0 Å². The molecule has 1 aliphatic rings. The number of imide groups is 1. The Hall–Kier alpha value is -2.34. The van der Waals surface area contributed by atoms with Crippen molar-refractivity contribution in [3.05, 3.63) is 52.5 Å². The molecule has 23 heavy (non-hydrogen) atoms. The summed E-state index contributed by atoms with van der Waals surface area (Å²) in [4.78, 5) is 26.1. The van der Waals surface area contributed by atoms with Gasteiger partial charge in [-0.3, -0.25) is 9.59 Å². The van der Waals surface area contributed by atoms with Gasteiger partial charge in [0.2, 0.25) is 5.91 Å². The minimum atomic E-state index is -0.586. The number of benzene rings is 2. The van der Waals surface area contributed by atoms with Crippen LogP contribution in [0.1, 0.15) is 12.0 Å². The van der Waals surface area contributed by atoms with Crippen molar-refractivity contribution in [3.63, 3.8) is 0 Å². The lowest BCUT2D eigenvalue weighted by molar-refractivity contribution is -0.121. The van der Waals surface area contributed by atoms with Crippen LogP contribution in [0.2, 0.25) is 0 Å². The molecule has 2 aromatic rings. The van der Waals surface area contributed by atoms with Gasteiger partial charge < -0.3 is 10.4 Å². The molecule has 0 aromatic heterocycles. The van der Waals surface area contributed by atoms with Gasteiger partial charge in [0.25, 0.3) is 5.91 Å². The van der Waals surface area contributed by atoms with E-state index in [4.69, 9.17) is 0 Å². The molecule has 1 heterocycles. The molecule has 5 nitrogen and oxygen atoms in total. The molecule has 2 N–H and O–H groups in total. The summed E-state index contributed by atoms with van der Waals surface area (Å²) >= 11 is 3.36. The fourth-order valence-electron chi connectivity index (χ4n) is 2.64. The molecule has 1 aliphatic heterocycles. The Labute approximate surface area is 142 Å². The Morgan fingerprint density at radius 2 is 1.87 bits per heavy atom. The van der Waals surface area contributed by atoms with Crippen LogP contribution in [0.25, 0.3) is 0 Å². The van der Waals surface area contributed by atoms with Gasteiger partial charge in [0.1, 0.15) is 11.8 Å². The molecular weight excluding hydrogens is 360 g/mol. The molecule has 0 saturated carbocycles. The average Bonchev–Trinajstić information content (AvgIpc) is 2.77. The van der Waals surface area contributed by atoms with E-state index < -0.39 is 6.04 Å². The minimum Gasteiger partial charge on any atom is -0.508 e. The van der Waals surface area contributed by atoms with Crippen molar-refractivity contribution in [3.8, 4) is 5.75 Å². The first-order valence-corrected chi connectivity index (χ1v) is 7.93. The maximum Gasteiger partial charge on any atom is 0.256 e. The Balaban J connectivity index is 1.83. The first-order valence-electron chi connectivity index (χ1n) is 7.14. The van der Waals surface area contributed by atoms with Crippen LogP contribution in [-0.4, -0.2) is 23.0 Å². The quantitative estimate of drug-likeness (QED) is 0.809. The van der Waals surface area contributed by atoms with E-state index in [0.29, 0.717) is 11.3 Å². The van der Waals surface area contributed by atoms with Crippen LogP contribution in [0, 0.1) is 6.92 Å². The molecule has 0 aliphatic carbocycles. The van der Waals surface area contributed by atoms with Crippen LogP contribution >= 0.6 is 15.9 Å². The van der Waals surface area contributed by atoms with Crippen molar-refractivity contribution in [2.45, 2.75) is 19.4 Å². The Bertz CT molecular complexity index is 774. The first-order chi connectivity index (χ1) is 11.0. The number of carbonyl (C=O) groups excluding carboxylic acids is 2. The molecule has 1 saturated heterocycles. The van der Waals surface area contributed by atoms with E-state index in [1.165, 1.54) is 17.0 Å². The maximum absolute atomic E-state index is 12.6. The highest BCUT2D eigenvalue weighted by molar-refractivity contribution is 9.10. The van der Waals surface area contributed by atoms with Crippen molar-refractivity contribution in [2.24, 2.45) is 0 Å². The Morgan fingerprint density at radius 1 is 1.17 bits per heavy atom. The van der Waals surface area contributed by atoms with E-state index in [0.717, 1.165) is 10.2 Å². The Morgan fingerprint density at radius 3 is 2.52 bits per heavy atom. The summed E-state index contributed by atoms with van der Waals surface area (Å²) in [6, 6.07) is 11.4. The SMILES string of the molecule is Cc1cc(O)ccc1N1C(=O)CC(Nc2ccc(Br)cc2)C1=O. The van der Waals surface area contributed by atoms with E-state index in [1.54, 1.807) is 13.0 Å². The second-order valence-electron chi connectivity index (χ2n) is 5.45. The lowest BCUT2D eigenvalue weighted by atomic mass is 10.1. The highest BCUT2D eigenvalue weighted by atomic mass is 79.9. The summed E-state index contributed by atoms with van der Waals surface area (Å²) in [5.41, 5.74) is 1.97. The van der Waals surface area contributed by atoms with Crippen molar-refractivity contribution < 1.29 is 14.7 Å².